The van der Waals surface area contributed by atoms with Gasteiger partial charge in [0.25, 0.3) is 11.8 Å². The largest absolute Gasteiger partial charge is 0.322 e. The highest BCUT2D eigenvalue weighted by Crippen LogP contribution is 2.23. The standard InChI is InChI=1S/C24H25N3O2/c1-16-6-5-7-21(12-16)27-23(29)18-13-17(14-25-15-18)22(28)26-20-10-8-19(9-11-20)24(2,3)4/h5-15H,1-4H3,(H,26,28)(H,27,29). The molecule has 1 heterocycles. The number of anilines is 2. The first-order chi connectivity index (χ1) is 13.7. The monoisotopic (exact) mass is 387 g/mol. The zero-order valence-electron chi connectivity index (χ0n) is 17.1. The quantitative estimate of drug-likeness (QED) is 0.647. The number of benzene rings is 2. The van der Waals surface area contributed by atoms with Crippen LogP contribution in [0.4, 0.5) is 11.4 Å². The Morgan fingerprint density at radius 2 is 1.38 bits per heavy atom. The summed E-state index contributed by atoms with van der Waals surface area (Å²) in [6.07, 6.45) is 2.89. The maximum atomic E-state index is 12.6. The molecule has 2 N–H and O–H groups in total. The number of nitrogens with zero attached hydrogens (tertiary/aromatic N) is 1. The van der Waals surface area contributed by atoms with Crippen molar-refractivity contribution < 1.29 is 9.59 Å². The summed E-state index contributed by atoms with van der Waals surface area (Å²) in [5.41, 5.74) is 4.31. The molecule has 0 unspecified atom stereocenters. The van der Waals surface area contributed by atoms with E-state index < -0.39 is 0 Å². The van der Waals surface area contributed by atoms with Crippen LogP contribution in [0.3, 0.4) is 0 Å². The molecule has 148 valence electrons. The fourth-order valence-electron chi connectivity index (χ4n) is 2.87. The smallest absolute Gasteiger partial charge is 0.257 e. The summed E-state index contributed by atoms with van der Waals surface area (Å²) in [5.74, 6) is -0.626. The van der Waals surface area contributed by atoms with Gasteiger partial charge in [0.1, 0.15) is 0 Å². The van der Waals surface area contributed by atoms with Crippen molar-refractivity contribution in [3.05, 3.63) is 89.2 Å². The number of nitrogens with one attached hydrogen (secondary N) is 2. The van der Waals surface area contributed by atoms with Crippen molar-refractivity contribution in [3.63, 3.8) is 0 Å². The van der Waals surface area contributed by atoms with Gasteiger partial charge < -0.3 is 10.6 Å². The van der Waals surface area contributed by atoms with Gasteiger partial charge in [-0.05, 0) is 53.8 Å². The first-order valence-corrected chi connectivity index (χ1v) is 9.47. The third-order valence-corrected chi connectivity index (χ3v) is 4.55. The van der Waals surface area contributed by atoms with Crippen LogP contribution in [-0.2, 0) is 5.41 Å². The summed E-state index contributed by atoms with van der Waals surface area (Å²) in [7, 11) is 0. The molecule has 0 bridgehead atoms. The van der Waals surface area contributed by atoms with E-state index in [1.807, 2.05) is 55.5 Å². The SMILES string of the molecule is Cc1cccc(NC(=O)c2cncc(C(=O)Nc3ccc(C(C)(C)C)cc3)c2)c1. The minimum absolute atomic E-state index is 0.0471. The Morgan fingerprint density at radius 1 is 0.793 bits per heavy atom. The molecule has 5 nitrogen and oxygen atoms in total. The zero-order valence-corrected chi connectivity index (χ0v) is 17.1. The van der Waals surface area contributed by atoms with Crippen LogP contribution in [0.1, 0.15) is 52.6 Å². The van der Waals surface area contributed by atoms with Crippen molar-refractivity contribution in [2.45, 2.75) is 33.1 Å². The maximum Gasteiger partial charge on any atom is 0.257 e. The van der Waals surface area contributed by atoms with E-state index in [1.54, 1.807) is 0 Å². The number of aryl methyl sites for hydroxylation is 1. The van der Waals surface area contributed by atoms with Crippen LogP contribution in [0.5, 0.6) is 0 Å². The Labute approximate surface area is 171 Å². The maximum absolute atomic E-state index is 12.6. The number of rotatable bonds is 4. The number of carbonyl (C=O) groups is 2. The molecule has 0 saturated heterocycles. The van der Waals surface area contributed by atoms with E-state index in [2.05, 4.69) is 36.4 Å². The van der Waals surface area contributed by atoms with Crippen LogP contribution in [0.2, 0.25) is 0 Å². The van der Waals surface area contributed by atoms with Crippen LogP contribution >= 0.6 is 0 Å². The number of hydrogen-bond acceptors (Lipinski definition) is 3. The van der Waals surface area contributed by atoms with E-state index in [9.17, 15) is 9.59 Å². The van der Waals surface area contributed by atoms with Gasteiger partial charge in [0.05, 0.1) is 11.1 Å². The predicted octanol–water partition coefficient (Wildman–Crippen LogP) is 5.19. The van der Waals surface area contributed by atoms with E-state index in [0.717, 1.165) is 5.56 Å². The van der Waals surface area contributed by atoms with Crippen molar-refractivity contribution in [1.29, 1.82) is 0 Å². The average Bonchev–Trinajstić information content (AvgIpc) is 2.68. The van der Waals surface area contributed by atoms with Crippen LogP contribution < -0.4 is 10.6 Å². The molecule has 0 aliphatic rings. The number of aromatic nitrogens is 1. The van der Waals surface area contributed by atoms with Crippen molar-refractivity contribution >= 4 is 23.2 Å². The number of amides is 2. The highest BCUT2D eigenvalue weighted by atomic mass is 16.2. The Morgan fingerprint density at radius 3 is 1.93 bits per heavy atom. The number of pyridine rings is 1. The first kappa shape index (κ1) is 20.3. The topological polar surface area (TPSA) is 71.1 Å². The van der Waals surface area contributed by atoms with E-state index in [4.69, 9.17) is 0 Å². The van der Waals surface area contributed by atoms with Crippen molar-refractivity contribution in [2.24, 2.45) is 0 Å². The van der Waals surface area contributed by atoms with E-state index in [0.29, 0.717) is 22.5 Å². The summed E-state index contributed by atoms with van der Waals surface area (Å²) in [6, 6.07) is 16.8. The van der Waals surface area contributed by atoms with Gasteiger partial charge in [-0.2, -0.15) is 0 Å². The molecule has 3 rings (SSSR count). The molecule has 1 aromatic heterocycles. The lowest BCUT2D eigenvalue weighted by Crippen LogP contribution is -2.16. The van der Waals surface area contributed by atoms with Crippen LogP contribution in [0.15, 0.2) is 67.0 Å². The molecule has 29 heavy (non-hydrogen) atoms. The molecule has 0 radical (unpaired) electrons. The summed E-state index contributed by atoms with van der Waals surface area (Å²) >= 11 is 0. The van der Waals surface area contributed by atoms with Crippen LogP contribution in [0.25, 0.3) is 0 Å². The molecule has 5 heteroatoms. The van der Waals surface area contributed by atoms with Gasteiger partial charge >= 0.3 is 0 Å². The molecule has 0 saturated carbocycles. The van der Waals surface area contributed by atoms with E-state index in [-0.39, 0.29) is 17.2 Å². The predicted molar refractivity (Wildman–Crippen MR) is 116 cm³/mol. The lowest BCUT2D eigenvalue weighted by atomic mass is 9.87. The molecular weight excluding hydrogens is 362 g/mol. The lowest BCUT2D eigenvalue weighted by molar-refractivity contribution is 0.102. The third-order valence-electron chi connectivity index (χ3n) is 4.55. The van der Waals surface area contributed by atoms with Gasteiger partial charge in [-0.3, -0.25) is 14.6 Å². The molecule has 0 fully saturated rings. The summed E-state index contributed by atoms with van der Waals surface area (Å²) < 4.78 is 0. The van der Waals surface area contributed by atoms with Crippen molar-refractivity contribution in [3.8, 4) is 0 Å². The van der Waals surface area contributed by atoms with Gasteiger partial charge in [0, 0.05) is 23.8 Å². The molecule has 3 aromatic rings. The Kier molecular flexibility index (Phi) is 5.78. The Bertz CT molecular complexity index is 1030. The molecule has 0 aliphatic carbocycles. The molecule has 2 aromatic carbocycles. The minimum atomic E-state index is -0.314. The minimum Gasteiger partial charge on any atom is -0.322 e. The second kappa shape index (κ2) is 8.27. The Hall–Kier alpha value is -3.47. The van der Waals surface area contributed by atoms with Gasteiger partial charge in [-0.25, -0.2) is 0 Å². The lowest BCUT2D eigenvalue weighted by Gasteiger charge is -2.19. The molecular formula is C24H25N3O2. The fourth-order valence-corrected chi connectivity index (χ4v) is 2.87. The van der Waals surface area contributed by atoms with Crippen molar-refractivity contribution in [1.82, 2.24) is 4.98 Å². The number of hydrogen-bond donors (Lipinski definition) is 2. The average molecular weight is 387 g/mol. The Balaban J connectivity index is 1.71. The van der Waals surface area contributed by atoms with Gasteiger partial charge in [-0.15, -0.1) is 0 Å². The highest BCUT2D eigenvalue weighted by Gasteiger charge is 2.15. The second-order valence-electron chi connectivity index (χ2n) is 8.07. The first-order valence-electron chi connectivity index (χ1n) is 9.47. The van der Waals surface area contributed by atoms with Crippen LogP contribution in [0, 0.1) is 6.92 Å². The van der Waals surface area contributed by atoms with Gasteiger partial charge in [0.2, 0.25) is 0 Å². The summed E-state index contributed by atoms with van der Waals surface area (Å²) in [4.78, 5) is 29.2. The highest BCUT2D eigenvalue weighted by molar-refractivity contribution is 6.08. The zero-order chi connectivity index (χ0) is 21.0. The third kappa shape index (κ3) is 5.29. The fraction of sp³-hybridized carbons (Fsp3) is 0.208. The molecule has 0 spiro atoms. The summed E-state index contributed by atoms with van der Waals surface area (Å²) in [6.45, 7) is 8.37. The van der Waals surface area contributed by atoms with E-state index >= 15 is 0 Å². The van der Waals surface area contributed by atoms with Crippen LogP contribution in [-0.4, -0.2) is 16.8 Å². The summed E-state index contributed by atoms with van der Waals surface area (Å²) in [5, 5.41) is 5.67. The number of carbonyl (C=O) groups excluding carboxylic acids is 2. The molecule has 0 aliphatic heterocycles. The second-order valence-corrected chi connectivity index (χ2v) is 8.07. The normalized spacial score (nSPS) is 11.0. The van der Waals surface area contributed by atoms with Gasteiger partial charge in [-0.1, -0.05) is 45.0 Å². The van der Waals surface area contributed by atoms with Crippen molar-refractivity contribution in [2.75, 3.05) is 10.6 Å². The van der Waals surface area contributed by atoms with E-state index in [1.165, 1.54) is 24.0 Å². The molecule has 2 amide bonds. The molecule has 0 atom stereocenters. The van der Waals surface area contributed by atoms with Gasteiger partial charge in [0.15, 0.2) is 0 Å².